The van der Waals surface area contributed by atoms with Crippen molar-refractivity contribution >= 4 is 49.1 Å². The molecule has 0 radical (unpaired) electrons. The lowest BCUT2D eigenvalue weighted by molar-refractivity contribution is 0.122. The molecule has 0 unspecified atom stereocenters. The number of phenolic OH excluding ortho intramolecular Hbond substituents is 1. The van der Waals surface area contributed by atoms with Crippen LogP contribution in [-0.4, -0.2) is 131 Å². The Morgan fingerprint density at radius 2 is 1.27 bits per heavy atom. The average Bonchev–Trinajstić information content (AvgIpc) is 3.37. The Morgan fingerprint density at radius 1 is 0.718 bits per heavy atom. The van der Waals surface area contributed by atoms with E-state index in [9.17, 15) is 18.8 Å². The van der Waals surface area contributed by atoms with E-state index in [4.69, 9.17) is 23.7 Å². The van der Waals surface area contributed by atoms with Crippen LogP contribution in [0.2, 0.25) is 0 Å². The van der Waals surface area contributed by atoms with E-state index in [-0.39, 0.29) is 26.5 Å². The lowest BCUT2D eigenvalue weighted by Gasteiger charge is -2.31. The molecule has 0 amide bonds. The predicted octanol–water partition coefficient (Wildman–Crippen LogP) is 6.64. The van der Waals surface area contributed by atoms with Gasteiger partial charge in [-0.05, 0) is 102 Å². The van der Waals surface area contributed by atoms with Crippen LogP contribution in [0.4, 0.5) is 17.2 Å². The van der Waals surface area contributed by atoms with E-state index in [1.165, 1.54) is 12.7 Å². The van der Waals surface area contributed by atoms with Crippen molar-refractivity contribution < 1.29 is 34.8 Å². The number of benzene rings is 2. The van der Waals surface area contributed by atoms with Gasteiger partial charge in [0.25, 0.3) is 10.1 Å². The molecule has 10 rings (SSSR count). The summed E-state index contributed by atoms with van der Waals surface area (Å²) in [7, 11) is -3.35. The zero-order valence-corrected chi connectivity index (χ0v) is 41.1. The number of morpholine rings is 2. The minimum absolute atomic E-state index is 0. The standard InChI is InChI=1S/C25H28N6O2.C13H12N4O2.C12H19N3O3S.2H2/c1-17-27-7-6-19(30-17)12-18-2-4-21(5-3-18)33-24-14-20(31-8-10-32-11-9-31)13-22-25(24)23(15-26)29-16-28-22;14-7-11-13-10(15-8-16-11)5-9(6-12(13)18)17-1-3-19-4-2-17;1-9-13-8-7-12(14-9)15-10-3-5-11(6-4-10)18-19(2,16)17;;/h6-7,13-14,16,18,21H,2-5,8-12H2,1H3;5-6,8,18H,1-4H2;7-8,10-11H,3-6H2,1-2H3,(H,13,14,15);2*1H. The molecule has 6 aromatic rings. The number of hydrogen-bond donors (Lipinski definition) is 2. The zero-order valence-electron chi connectivity index (χ0n) is 40.3. The maximum Gasteiger partial charge on any atom is 0.264 e. The summed E-state index contributed by atoms with van der Waals surface area (Å²) < 4.78 is 44.5. The SMILES string of the molecule is Cc1nccc(CC2CCC(Oc3cc(N4CCOCC4)cc4ncnc(C#N)c34)CC2)n1.Cc1nccc(NC2CCC(OS(C)(=O)=O)CC2)n1.N#Cc1ncnc2cc(N3CCOCC3)cc(O)c12.[HH].[HH]. The molecular weight excluding hydrogens is 927 g/mol. The largest absolute Gasteiger partial charge is 0.507 e. The van der Waals surface area contributed by atoms with E-state index in [2.05, 4.69) is 61.1 Å². The van der Waals surface area contributed by atoms with Crippen molar-refractivity contribution in [3.8, 4) is 23.6 Å². The van der Waals surface area contributed by atoms with Gasteiger partial charge in [0, 0.05) is 76.7 Å². The molecule has 4 aliphatic rings. The van der Waals surface area contributed by atoms with Crippen molar-refractivity contribution in [2.75, 3.05) is 74.0 Å². The number of nitriles is 2. The van der Waals surface area contributed by atoms with Gasteiger partial charge in [0.15, 0.2) is 11.4 Å². The van der Waals surface area contributed by atoms with Crippen LogP contribution >= 0.6 is 0 Å². The molecule has 2 saturated carbocycles. The van der Waals surface area contributed by atoms with Crippen molar-refractivity contribution in [3.05, 3.63) is 90.2 Å². The van der Waals surface area contributed by atoms with Crippen LogP contribution in [0.25, 0.3) is 21.8 Å². The third-order valence-corrected chi connectivity index (χ3v) is 13.5. The van der Waals surface area contributed by atoms with Gasteiger partial charge in [-0.1, -0.05) is 0 Å². The van der Waals surface area contributed by atoms with Crippen LogP contribution in [0.5, 0.6) is 11.5 Å². The van der Waals surface area contributed by atoms with Crippen molar-refractivity contribution in [3.63, 3.8) is 0 Å². The first-order valence-corrected chi connectivity index (χ1v) is 25.8. The average molecular weight is 990 g/mol. The molecule has 0 bridgehead atoms. The molecule has 71 heavy (non-hydrogen) atoms. The van der Waals surface area contributed by atoms with E-state index in [0.29, 0.717) is 66.1 Å². The normalized spacial score (nSPS) is 20.4. The summed E-state index contributed by atoms with van der Waals surface area (Å²) >= 11 is 0. The maximum absolute atomic E-state index is 11.1. The van der Waals surface area contributed by atoms with Crippen molar-refractivity contribution in [2.45, 2.75) is 89.9 Å². The van der Waals surface area contributed by atoms with Gasteiger partial charge in [-0.2, -0.15) is 18.9 Å². The van der Waals surface area contributed by atoms with E-state index in [1.807, 2.05) is 56.4 Å². The fourth-order valence-corrected chi connectivity index (χ4v) is 10.1. The van der Waals surface area contributed by atoms with E-state index >= 15 is 0 Å². The maximum atomic E-state index is 11.1. The third-order valence-electron chi connectivity index (χ3n) is 12.9. The van der Waals surface area contributed by atoms with Crippen LogP contribution in [0, 0.1) is 42.4 Å². The summed E-state index contributed by atoms with van der Waals surface area (Å²) in [5.41, 5.74) is 4.92. The Labute approximate surface area is 416 Å². The molecule has 0 spiro atoms. The molecule has 376 valence electrons. The highest BCUT2D eigenvalue weighted by molar-refractivity contribution is 7.86. The monoisotopic (exact) mass is 989 g/mol. The molecule has 2 aliphatic heterocycles. The van der Waals surface area contributed by atoms with Crippen molar-refractivity contribution in [1.29, 1.82) is 10.5 Å². The molecule has 2 aliphatic carbocycles. The predicted molar refractivity (Wildman–Crippen MR) is 270 cm³/mol. The van der Waals surface area contributed by atoms with Gasteiger partial charge in [0.1, 0.15) is 53.8 Å². The van der Waals surface area contributed by atoms with Gasteiger partial charge in [0.2, 0.25) is 0 Å². The highest BCUT2D eigenvalue weighted by Gasteiger charge is 2.27. The van der Waals surface area contributed by atoms with Crippen LogP contribution in [0.15, 0.2) is 61.4 Å². The van der Waals surface area contributed by atoms with Gasteiger partial charge in [-0.15, -0.1) is 0 Å². The number of hydrogen-bond acceptors (Lipinski definition) is 20. The smallest absolute Gasteiger partial charge is 0.264 e. The first kappa shape index (κ1) is 50.5. The third kappa shape index (κ3) is 13.9. The van der Waals surface area contributed by atoms with Crippen LogP contribution in [0.3, 0.4) is 0 Å². The highest BCUT2D eigenvalue weighted by Crippen LogP contribution is 2.37. The van der Waals surface area contributed by atoms with Gasteiger partial charge >= 0.3 is 0 Å². The molecule has 6 heterocycles. The molecule has 4 aromatic heterocycles. The van der Waals surface area contributed by atoms with Crippen molar-refractivity contribution in [2.24, 2.45) is 5.92 Å². The lowest BCUT2D eigenvalue weighted by Crippen LogP contribution is -2.36. The number of aryl methyl sites for hydroxylation is 2. The highest BCUT2D eigenvalue weighted by atomic mass is 32.2. The number of nitrogens with zero attached hydrogens (tertiary/aromatic N) is 12. The zero-order chi connectivity index (χ0) is 49.7. The van der Waals surface area contributed by atoms with Crippen LogP contribution < -0.4 is 19.9 Å². The van der Waals surface area contributed by atoms with Crippen LogP contribution in [-0.2, 0) is 30.2 Å². The number of anilines is 3. The molecule has 0 atom stereocenters. The number of nitrogens with one attached hydrogen (secondary N) is 1. The fraction of sp³-hybridized carbons (Fsp3) is 0.480. The lowest BCUT2D eigenvalue weighted by atomic mass is 9.84. The van der Waals surface area contributed by atoms with Gasteiger partial charge in [0.05, 0.1) is 66.7 Å². The number of aromatic nitrogens is 8. The summed E-state index contributed by atoms with van der Waals surface area (Å²) in [6, 6.07) is 15.9. The first-order chi connectivity index (χ1) is 34.4. The van der Waals surface area contributed by atoms with Crippen LogP contribution in [0.1, 0.15) is 83.0 Å². The Hall–Kier alpha value is -6.91. The van der Waals surface area contributed by atoms with E-state index < -0.39 is 10.1 Å². The number of ether oxygens (including phenoxy) is 3. The van der Waals surface area contributed by atoms with E-state index in [1.54, 1.807) is 12.3 Å². The second-order valence-electron chi connectivity index (χ2n) is 18.0. The topological polar surface area (TPSA) is 260 Å². The molecule has 4 fully saturated rings. The summed E-state index contributed by atoms with van der Waals surface area (Å²) in [5.74, 6) is 3.73. The van der Waals surface area contributed by atoms with Crippen molar-refractivity contribution in [1.82, 2.24) is 39.9 Å². The quantitative estimate of drug-likeness (QED) is 0.136. The number of fused-ring (bicyclic) bond motifs is 2. The minimum atomic E-state index is -3.35. The number of aromatic hydroxyl groups is 1. The second-order valence-corrected chi connectivity index (χ2v) is 19.6. The van der Waals surface area contributed by atoms with Gasteiger partial charge in [-0.3, -0.25) is 4.18 Å². The molecule has 21 heteroatoms. The molecule has 2 N–H and O–H groups in total. The molecule has 2 saturated heterocycles. The first-order valence-electron chi connectivity index (χ1n) is 24.0. The fourth-order valence-electron chi connectivity index (χ4n) is 9.41. The van der Waals surface area contributed by atoms with Gasteiger partial charge < -0.3 is 34.4 Å². The Bertz CT molecular complexity index is 2980. The Balaban J connectivity index is 0.000000188. The van der Waals surface area contributed by atoms with Gasteiger partial charge in [-0.25, -0.2) is 39.9 Å². The summed E-state index contributed by atoms with van der Waals surface area (Å²) in [6.07, 6.45) is 15.8. The summed E-state index contributed by atoms with van der Waals surface area (Å²) in [4.78, 5) is 38.1. The Morgan fingerprint density at radius 3 is 1.85 bits per heavy atom. The number of phenols is 1. The molecule has 2 aromatic carbocycles. The summed E-state index contributed by atoms with van der Waals surface area (Å²) in [5, 5.41) is 33.2. The van der Waals surface area contributed by atoms with E-state index in [0.717, 1.165) is 130 Å². The summed E-state index contributed by atoms with van der Waals surface area (Å²) in [6.45, 7) is 9.75. The Kier molecular flexibility index (Phi) is 16.9. The molecule has 20 nitrogen and oxygen atoms in total. The second kappa shape index (κ2) is 23.8. The number of rotatable bonds is 10. The molecular formula is C50H63N13O7S. The minimum Gasteiger partial charge on any atom is -0.507 e.